The minimum Gasteiger partial charge on any atom is -0.359 e. The molecule has 3 aromatic rings. The number of hydrogen-bond acceptors (Lipinski definition) is 5. The summed E-state index contributed by atoms with van der Waals surface area (Å²) in [4.78, 5) is 12.7. The molecule has 1 spiro atoms. The van der Waals surface area contributed by atoms with Crippen molar-refractivity contribution in [2.45, 2.75) is 57.0 Å². The highest BCUT2D eigenvalue weighted by Gasteiger charge is 2.47. The molecule has 2 aromatic heterocycles. The van der Waals surface area contributed by atoms with Crippen LogP contribution >= 0.6 is 0 Å². The highest BCUT2D eigenvalue weighted by Crippen LogP contribution is 2.47. The molecule has 0 saturated carbocycles. The van der Waals surface area contributed by atoms with Crippen LogP contribution in [0.3, 0.4) is 0 Å². The molecular weight excluding hydrogens is 509 g/mol. The fourth-order valence-corrected chi connectivity index (χ4v) is 5.30. The molecule has 3 atom stereocenters. The number of rotatable bonds is 5. The molecule has 38 heavy (non-hydrogen) atoms. The van der Waals surface area contributed by atoms with Crippen LogP contribution in [0.5, 0.6) is 0 Å². The largest absolute Gasteiger partial charge is 0.416 e. The molecule has 1 saturated heterocycles. The Bertz CT molecular complexity index is 1330. The normalized spacial score (nSPS) is 23.9. The smallest absolute Gasteiger partial charge is 0.359 e. The van der Waals surface area contributed by atoms with E-state index in [1.54, 1.807) is 0 Å². The van der Waals surface area contributed by atoms with Crippen LogP contribution in [0, 0.1) is 11.2 Å². The number of carbonyl (C=O) groups excluding carboxylic acids is 1. The van der Waals surface area contributed by atoms with Crippen LogP contribution in [0.15, 0.2) is 53.3 Å². The van der Waals surface area contributed by atoms with Gasteiger partial charge in [0.05, 0.1) is 24.0 Å². The van der Waals surface area contributed by atoms with Gasteiger partial charge in [-0.05, 0) is 62.4 Å². The zero-order chi connectivity index (χ0) is 26.9. The second-order valence-electron chi connectivity index (χ2n) is 9.81. The molecule has 202 valence electrons. The van der Waals surface area contributed by atoms with E-state index in [1.807, 2.05) is 6.08 Å². The first kappa shape index (κ1) is 26.1. The van der Waals surface area contributed by atoms with Crippen LogP contribution in [0.1, 0.15) is 65.5 Å². The summed E-state index contributed by atoms with van der Waals surface area (Å²) in [7, 11) is 0. The minimum atomic E-state index is -4.66. The Balaban J connectivity index is 1.26. The van der Waals surface area contributed by atoms with E-state index in [0.29, 0.717) is 25.5 Å². The first-order valence-electron chi connectivity index (χ1n) is 12.3. The van der Waals surface area contributed by atoms with E-state index in [0.717, 1.165) is 36.1 Å². The van der Waals surface area contributed by atoms with Crippen LogP contribution in [-0.2, 0) is 12.7 Å². The number of alkyl halides is 4. The molecule has 2 aliphatic rings. The molecule has 1 aliphatic carbocycles. The van der Waals surface area contributed by atoms with E-state index in [2.05, 4.69) is 27.0 Å². The summed E-state index contributed by atoms with van der Waals surface area (Å²) in [6.45, 7) is 0.250. The summed E-state index contributed by atoms with van der Waals surface area (Å²) in [5, 5.41) is 13.4. The number of hydrogen-bond donors (Lipinski definition) is 2. The zero-order valence-electron chi connectivity index (χ0n) is 20.3. The maximum Gasteiger partial charge on any atom is 0.416 e. The van der Waals surface area contributed by atoms with Crippen molar-refractivity contribution in [3.63, 3.8) is 0 Å². The molecule has 5 rings (SSSR count). The second-order valence-corrected chi connectivity index (χ2v) is 9.81. The topological polar surface area (TPSA) is 85.0 Å². The Labute approximate surface area is 215 Å². The number of nitrogens with zero attached hydrogens (tertiary/aromatic N) is 3. The molecule has 3 unspecified atom stereocenters. The number of amides is 1. The Morgan fingerprint density at radius 3 is 2.89 bits per heavy atom. The summed E-state index contributed by atoms with van der Waals surface area (Å²) >= 11 is 0. The number of allylic oxidation sites excluding steroid dienone is 2. The van der Waals surface area contributed by atoms with Gasteiger partial charge in [0, 0.05) is 17.7 Å². The van der Waals surface area contributed by atoms with Crippen LogP contribution in [0.2, 0.25) is 0 Å². The number of benzene rings is 1. The first-order chi connectivity index (χ1) is 18.1. The number of halogens is 5. The first-order valence-corrected chi connectivity index (χ1v) is 12.3. The third-order valence-electron chi connectivity index (χ3n) is 7.26. The lowest BCUT2D eigenvalue weighted by molar-refractivity contribution is -0.138. The number of nitrogens with one attached hydrogen (secondary N) is 2. The molecule has 0 bridgehead atoms. The van der Waals surface area contributed by atoms with Gasteiger partial charge >= 0.3 is 6.18 Å². The summed E-state index contributed by atoms with van der Waals surface area (Å²) in [5.74, 6) is -1.24. The maximum atomic E-state index is 15.7. The van der Waals surface area contributed by atoms with Gasteiger partial charge in [-0.2, -0.15) is 18.3 Å². The van der Waals surface area contributed by atoms with Gasteiger partial charge < -0.3 is 15.2 Å². The maximum absolute atomic E-state index is 15.7. The summed E-state index contributed by atoms with van der Waals surface area (Å²) in [6, 6.07) is 2.87. The van der Waals surface area contributed by atoms with Gasteiger partial charge in [0.2, 0.25) is 0 Å². The average molecular weight is 536 g/mol. The summed E-state index contributed by atoms with van der Waals surface area (Å²) in [6.07, 6.45) is 4.79. The predicted octanol–water partition coefficient (Wildman–Crippen LogP) is 5.82. The lowest BCUT2D eigenvalue weighted by Crippen LogP contribution is -2.48. The second kappa shape index (κ2) is 10.3. The number of aromatic nitrogens is 3. The van der Waals surface area contributed by atoms with Crippen LogP contribution in [-0.4, -0.2) is 33.6 Å². The molecule has 1 fully saturated rings. The predicted molar refractivity (Wildman–Crippen MR) is 127 cm³/mol. The van der Waals surface area contributed by atoms with Crippen LogP contribution in [0.4, 0.5) is 27.6 Å². The number of piperidine rings is 1. The molecule has 0 radical (unpaired) electrons. The third-order valence-corrected chi connectivity index (χ3v) is 7.26. The van der Waals surface area contributed by atoms with Gasteiger partial charge in [0.15, 0.2) is 11.5 Å². The van der Waals surface area contributed by atoms with E-state index in [-0.39, 0.29) is 29.2 Å². The van der Waals surface area contributed by atoms with Crippen molar-refractivity contribution in [3.05, 3.63) is 77.2 Å². The molecule has 12 heteroatoms. The molecule has 1 amide bonds. The van der Waals surface area contributed by atoms with Gasteiger partial charge in [0.1, 0.15) is 18.0 Å². The van der Waals surface area contributed by atoms with E-state index >= 15 is 4.39 Å². The van der Waals surface area contributed by atoms with E-state index in [9.17, 15) is 22.4 Å². The summed E-state index contributed by atoms with van der Waals surface area (Å²) in [5.41, 5.74) is -1.65. The van der Waals surface area contributed by atoms with E-state index in [1.165, 1.54) is 18.5 Å². The van der Waals surface area contributed by atoms with Crippen molar-refractivity contribution in [1.82, 2.24) is 20.3 Å². The molecule has 1 aliphatic heterocycles. The zero-order valence-corrected chi connectivity index (χ0v) is 20.3. The van der Waals surface area contributed by atoms with Crippen molar-refractivity contribution >= 4 is 11.6 Å². The van der Waals surface area contributed by atoms with Crippen molar-refractivity contribution in [1.29, 1.82) is 0 Å². The quantitative estimate of drug-likeness (QED) is 0.318. The van der Waals surface area contributed by atoms with Crippen molar-refractivity contribution < 1.29 is 31.3 Å². The standard InChI is InChI=1S/C26H26F5N5O2/c27-17-5-6-19(26(29,30)31)16(11-17)14-36-15-18(13-33-36)34-24(37)20-12-21(38-35-20)22-23(28)25(9-10-32-22)7-3-1-2-4-8-25/h1,3,5-6,11-13,15,22-23,32H,2,4,7-10,14H2,(H,34,37). The molecule has 2 N–H and O–H groups in total. The van der Waals surface area contributed by atoms with E-state index in [4.69, 9.17) is 4.52 Å². The average Bonchev–Trinajstić information content (AvgIpc) is 3.46. The molecular formula is C26H26F5N5O2. The molecule has 3 heterocycles. The van der Waals surface area contributed by atoms with Gasteiger partial charge in [-0.1, -0.05) is 17.3 Å². The highest BCUT2D eigenvalue weighted by atomic mass is 19.4. The van der Waals surface area contributed by atoms with E-state index < -0.39 is 41.1 Å². The Morgan fingerprint density at radius 2 is 2.08 bits per heavy atom. The number of carbonyl (C=O) groups is 1. The van der Waals surface area contributed by atoms with Crippen molar-refractivity contribution in [3.8, 4) is 0 Å². The molecule has 1 aromatic carbocycles. The Hall–Kier alpha value is -3.54. The Kier molecular flexibility index (Phi) is 7.08. The van der Waals surface area contributed by atoms with Gasteiger partial charge in [-0.15, -0.1) is 0 Å². The lowest BCUT2D eigenvalue weighted by Gasteiger charge is -2.43. The van der Waals surface area contributed by atoms with Crippen molar-refractivity contribution in [2.75, 3.05) is 11.9 Å². The van der Waals surface area contributed by atoms with Crippen molar-refractivity contribution in [2.24, 2.45) is 5.41 Å². The van der Waals surface area contributed by atoms with Gasteiger partial charge in [-0.3, -0.25) is 9.48 Å². The minimum absolute atomic E-state index is 0.0772. The van der Waals surface area contributed by atoms with Crippen LogP contribution in [0.25, 0.3) is 0 Å². The number of anilines is 1. The fraction of sp³-hybridized carbons (Fsp3) is 0.423. The van der Waals surface area contributed by atoms with Gasteiger partial charge in [0.25, 0.3) is 5.91 Å². The van der Waals surface area contributed by atoms with Crippen LogP contribution < -0.4 is 10.6 Å². The summed E-state index contributed by atoms with van der Waals surface area (Å²) < 4.78 is 75.6. The lowest BCUT2D eigenvalue weighted by atomic mass is 9.69. The molecule has 7 nitrogen and oxygen atoms in total. The monoisotopic (exact) mass is 535 g/mol. The van der Waals surface area contributed by atoms with Gasteiger partial charge in [-0.25, -0.2) is 8.78 Å². The Morgan fingerprint density at radius 1 is 1.24 bits per heavy atom. The fourth-order valence-electron chi connectivity index (χ4n) is 5.30. The third kappa shape index (κ3) is 5.35. The SMILES string of the molecule is O=C(Nc1cnn(Cc2cc(F)ccc2C(F)(F)F)c1)c1cc(C2NCCC3(CC=CCCC3)C2F)on1. The highest BCUT2D eigenvalue weighted by molar-refractivity contribution is 6.02.